The lowest BCUT2D eigenvalue weighted by molar-refractivity contribution is -0.122. The molecule has 106 valence electrons. The van der Waals surface area contributed by atoms with Crippen molar-refractivity contribution in [3.05, 3.63) is 35.3 Å². The van der Waals surface area contributed by atoms with Gasteiger partial charge in [0.15, 0.2) is 16.7 Å². The number of benzene rings is 1. The van der Waals surface area contributed by atoms with Gasteiger partial charge in [0.2, 0.25) is 0 Å². The molecule has 2 rings (SSSR count). The van der Waals surface area contributed by atoms with Crippen LogP contribution in [0.5, 0.6) is 5.75 Å². The van der Waals surface area contributed by atoms with Crippen LogP contribution in [0.15, 0.2) is 23.9 Å². The number of amides is 1. The summed E-state index contributed by atoms with van der Waals surface area (Å²) in [4.78, 5) is 13.6. The number of thiocarbonyl (C=S) groups is 1. The first-order valence-electron chi connectivity index (χ1n) is 6.25. The number of halogens is 1. The third kappa shape index (κ3) is 2.80. The highest BCUT2D eigenvalue weighted by atomic mass is 32.1. The summed E-state index contributed by atoms with van der Waals surface area (Å²) in [7, 11) is 1.40. The molecule has 0 aliphatic carbocycles. The Kier molecular flexibility index (Phi) is 4.34. The fourth-order valence-corrected chi connectivity index (χ4v) is 2.22. The summed E-state index contributed by atoms with van der Waals surface area (Å²) in [5.41, 5.74) is 0.924. The van der Waals surface area contributed by atoms with E-state index >= 15 is 0 Å². The number of nitrogens with zero attached hydrogens (tertiary/aromatic N) is 1. The Bertz CT molecular complexity index is 587. The summed E-state index contributed by atoms with van der Waals surface area (Å²) in [5, 5.41) is 3.24. The van der Waals surface area contributed by atoms with Crippen LogP contribution < -0.4 is 10.1 Å². The Hall–Kier alpha value is -1.95. The summed E-state index contributed by atoms with van der Waals surface area (Å²) in [6.07, 6.45) is 2.39. The first kappa shape index (κ1) is 14.5. The van der Waals surface area contributed by atoms with Gasteiger partial charge in [0.25, 0.3) is 5.91 Å². The lowest BCUT2D eigenvalue weighted by Crippen LogP contribution is -2.31. The van der Waals surface area contributed by atoms with Gasteiger partial charge in [-0.05, 0) is 42.4 Å². The van der Waals surface area contributed by atoms with Crippen LogP contribution in [0, 0.1) is 5.82 Å². The number of hydrogen-bond donors (Lipinski definition) is 1. The lowest BCUT2D eigenvalue weighted by atomic mass is 10.1. The molecule has 1 aromatic rings. The molecule has 1 heterocycles. The second kappa shape index (κ2) is 6.00. The average molecular weight is 294 g/mol. The molecule has 0 aromatic heterocycles. The number of ether oxygens (including phenoxy) is 1. The van der Waals surface area contributed by atoms with E-state index in [-0.39, 0.29) is 11.7 Å². The second-order valence-corrected chi connectivity index (χ2v) is 4.73. The maximum atomic E-state index is 13.6. The quantitative estimate of drug-likeness (QED) is 0.683. The molecule has 20 heavy (non-hydrogen) atoms. The molecule has 1 amide bonds. The molecule has 0 atom stereocenters. The van der Waals surface area contributed by atoms with Gasteiger partial charge in [0.1, 0.15) is 5.70 Å². The number of carbonyl (C=O) groups is 1. The second-order valence-electron chi connectivity index (χ2n) is 4.34. The van der Waals surface area contributed by atoms with Crippen molar-refractivity contribution in [2.24, 2.45) is 0 Å². The van der Waals surface area contributed by atoms with Crippen molar-refractivity contribution in [1.29, 1.82) is 0 Å². The highest BCUT2D eigenvalue weighted by Crippen LogP contribution is 2.20. The zero-order valence-electron chi connectivity index (χ0n) is 11.3. The minimum atomic E-state index is -0.472. The van der Waals surface area contributed by atoms with Crippen LogP contribution in [0.25, 0.3) is 6.08 Å². The molecule has 1 fully saturated rings. The summed E-state index contributed by atoms with van der Waals surface area (Å²) in [6.45, 7) is 2.54. The molecule has 0 spiro atoms. The molecule has 1 aromatic carbocycles. The van der Waals surface area contributed by atoms with Crippen LogP contribution in [-0.2, 0) is 4.79 Å². The molecule has 0 unspecified atom stereocenters. The Balaban J connectivity index is 2.26. The van der Waals surface area contributed by atoms with Crippen molar-refractivity contribution in [2.45, 2.75) is 13.3 Å². The topological polar surface area (TPSA) is 41.6 Å². The Labute approximate surface area is 122 Å². The molecular weight excluding hydrogens is 279 g/mol. The van der Waals surface area contributed by atoms with E-state index in [0.29, 0.717) is 22.9 Å². The van der Waals surface area contributed by atoms with E-state index in [0.717, 1.165) is 6.42 Å². The van der Waals surface area contributed by atoms with Gasteiger partial charge in [0.05, 0.1) is 7.11 Å². The fraction of sp³-hybridized carbons (Fsp3) is 0.286. The van der Waals surface area contributed by atoms with E-state index in [1.807, 2.05) is 6.92 Å². The average Bonchev–Trinajstić information content (AvgIpc) is 2.67. The van der Waals surface area contributed by atoms with E-state index in [4.69, 9.17) is 17.0 Å². The molecule has 0 bridgehead atoms. The molecule has 6 heteroatoms. The highest BCUT2D eigenvalue weighted by Gasteiger charge is 2.29. The van der Waals surface area contributed by atoms with Crippen LogP contribution in [0.1, 0.15) is 18.9 Å². The third-order valence-electron chi connectivity index (χ3n) is 2.90. The van der Waals surface area contributed by atoms with Gasteiger partial charge in [-0.2, -0.15) is 0 Å². The third-order valence-corrected chi connectivity index (χ3v) is 3.22. The van der Waals surface area contributed by atoms with Crippen LogP contribution in [0.4, 0.5) is 4.39 Å². The van der Waals surface area contributed by atoms with Crippen molar-refractivity contribution >= 4 is 29.3 Å². The maximum absolute atomic E-state index is 13.6. The van der Waals surface area contributed by atoms with E-state index in [2.05, 4.69) is 5.32 Å². The Morgan fingerprint density at radius 2 is 2.25 bits per heavy atom. The molecule has 0 saturated carbocycles. The van der Waals surface area contributed by atoms with Crippen LogP contribution in [0.2, 0.25) is 0 Å². The van der Waals surface area contributed by atoms with E-state index in [9.17, 15) is 9.18 Å². The van der Waals surface area contributed by atoms with Gasteiger partial charge in [-0.1, -0.05) is 13.0 Å². The SMILES string of the molecule is CCCN1C(=O)/C(=C/c2ccc(OC)c(F)c2)NC1=S. The molecule has 1 aliphatic rings. The molecule has 1 N–H and O–H groups in total. The fourth-order valence-electron chi connectivity index (χ4n) is 1.94. The van der Waals surface area contributed by atoms with Crippen LogP contribution >= 0.6 is 12.2 Å². The monoisotopic (exact) mass is 294 g/mol. The number of hydrogen-bond acceptors (Lipinski definition) is 3. The first-order chi connectivity index (χ1) is 9.56. The Morgan fingerprint density at radius 3 is 2.85 bits per heavy atom. The van der Waals surface area contributed by atoms with Crippen molar-refractivity contribution < 1.29 is 13.9 Å². The van der Waals surface area contributed by atoms with Gasteiger partial charge in [-0.15, -0.1) is 0 Å². The number of carbonyl (C=O) groups excluding carboxylic acids is 1. The van der Waals surface area contributed by atoms with Crippen molar-refractivity contribution in [1.82, 2.24) is 10.2 Å². The van der Waals surface area contributed by atoms with Crippen molar-refractivity contribution in [3.63, 3.8) is 0 Å². The standard InChI is InChI=1S/C14H15FN2O2S/c1-3-6-17-13(18)11(16-14(17)20)8-9-4-5-12(19-2)10(15)7-9/h4-5,7-8H,3,6H2,1-2H3,(H,16,20)/b11-8-. The zero-order chi connectivity index (χ0) is 14.7. The molecule has 4 nitrogen and oxygen atoms in total. The summed E-state index contributed by atoms with van der Waals surface area (Å²) >= 11 is 5.10. The number of rotatable bonds is 4. The highest BCUT2D eigenvalue weighted by molar-refractivity contribution is 7.80. The summed E-state index contributed by atoms with van der Waals surface area (Å²) < 4.78 is 18.4. The van der Waals surface area contributed by atoms with Gasteiger partial charge in [-0.25, -0.2) is 4.39 Å². The maximum Gasteiger partial charge on any atom is 0.276 e. The molecular formula is C14H15FN2O2S. The van der Waals surface area contributed by atoms with Gasteiger partial charge >= 0.3 is 0 Å². The van der Waals surface area contributed by atoms with E-state index < -0.39 is 5.82 Å². The molecule has 1 aliphatic heterocycles. The molecule has 1 saturated heterocycles. The van der Waals surface area contributed by atoms with Gasteiger partial charge in [-0.3, -0.25) is 9.69 Å². The predicted molar refractivity (Wildman–Crippen MR) is 78.7 cm³/mol. The first-order valence-corrected chi connectivity index (χ1v) is 6.65. The van der Waals surface area contributed by atoms with Crippen LogP contribution in [-0.4, -0.2) is 29.6 Å². The van der Waals surface area contributed by atoms with Gasteiger partial charge < -0.3 is 10.1 Å². The van der Waals surface area contributed by atoms with Crippen molar-refractivity contribution in [3.8, 4) is 5.75 Å². The minimum absolute atomic E-state index is 0.168. The molecule has 0 radical (unpaired) electrons. The normalized spacial score (nSPS) is 16.8. The van der Waals surface area contributed by atoms with Crippen LogP contribution in [0.3, 0.4) is 0 Å². The number of methoxy groups -OCH3 is 1. The lowest BCUT2D eigenvalue weighted by Gasteiger charge is -2.11. The van der Waals surface area contributed by atoms with Gasteiger partial charge in [0, 0.05) is 6.54 Å². The summed E-state index contributed by atoms with van der Waals surface area (Å²) in [5.74, 6) is -0.491. The van der Waals surface area contributed by atoms with Crippen molar-refractivity contribution in [2.75, 3.05) is 13.7 Å². The van der Waals surface area contributed by atoms with E-state index in [1.165, 1.54) is 24.1 Å². The Morgan fingerprint density at radius 1 is 1.50 bits per heavy atom. The largest absolute Gasteiger partial charge is 0.494 e. The predicted octanol–water partition coefficient (Wildman–Crippen LogP) is 2.30. The zero-order valence-corrected chi connectivity index (χ0v) is 12.1. The summed E-state index contributed by atoms with van der Waals surface area (Å²) in [6, 6.07) is 4.50. The number of nitrogens with one attached hydrogen (secondary N) is 1. The minimum Gasteiger partial charge on any atom is -0.494 e. The smallest absolute Gasteiger partial charge is 0.276 e. The van der Waals surface area contributed by atoms with E-state index in [1.54, 1.807) is 12.1 Å².